The van der Waals surface area contributed by atoms with E-state index in [9.17, 15) is 0 Å². The van der Waals surface area contributed by atoms with Gasteiger partial charge in [0.05, 0.1) is 0 Å². The van der Waals surface area contributed by atoms with Gasteiger partial charge in [-0.2, -0.15) is 0 Å². The molecule has 0 aromatic rings. The Bertz CT molecular complexity index is 88.7. The van der Waals surface area contributed by atoms with E-state index in [0.29, 0.717) is 0 Å². The van der Waals surface area contributed by atoms with Crippen LogP contribution >= 0.6 is 0 Å². The van der Waals surface area contributed by atoms with E-state index >= 15 is 0 Å². The molecule has 0 bridgehead atoms. The van der Waals surface area contributed by atoms with Crippen LogP contribution in [0.15, 0.2) is 0 Å². The van der Waals surface area contributed by atoms with Gasteiger partial charge in [-0.25, -0.2) is 0 Å². The van der Waals surface area contributed by atoms with Gasteiger partial charge in [0.1, 0.15) is 0 Å². The molecule has 1 heteroatoms. The number of piperidine rings is 1. The van der Waals surface area contributed by atoms with E-state index < -0.39 is 0 Å². The maximum absolute atomic E-state index is 3.86. The van der Waals surface area contributed by atoms with Crippen molar-refractivity contribution >= 4 is 0 Å². The van der Waals surface area contributed by atoms with Crippen LogP contribution in [0.5, 0.6) is 0 Å². The van der Waals surface area contributed by atoms with Crippen molar-refractivity contribution in [1.82, 2.24) is 4.90 Å². The first kappa shape index (κ1) is 8.06. The summed E-state index contributed by atoms with van der Waals surface area (Å²) < 4.78 is 0. The van der Waals surface area contributed by atoms with Crippen LogP contribution in [0, 0.1) is 12.8 Å². The molecule has 0 saturated carbocycles. The summed E-state index contributed by atoms with van der Waals surface area (Å²) in [6.45, 7) is 10.0. The summed E-state index contributed by atoms with van der Waals surface area (Å²) in [5.41, 5.74) is 0. The molecule has 1 rings (SSSR count). The Kier molecular flexibility index (Phi) is 3.20. The minimum atomic E-state index is 0.917. The summed E-state index contributed by atoms with van der Waals surface area (Å²) >= 11 is 0. The van der Waals surface area contributed by atoms with Gasteiger partial charge in [-0.05, 0) is 38.3 Å². The lowest BCUT2D eigenvalue weighted by atomic mass is 10.0. The summed E-state index contributed by atoms with van der Waals surface area (Å²) in [6, 6.07) is 0. The van der Waals surface area contributed by atoms with Crippen molar-refractivity contribution in [1.29, 1.82) is 0 Å². The molecule has 59 valence electrons. The Balaban J connectivity index is 2.18. The lowest BCUT2D eigenvalue weighted by Gasteiger charge is -2.30. The van der Waals surface area contributed by atoms with Gasteiger partial charge in [0.15, 0.2) is 0 Å². The minimum absolute atomic E-state index is 0.917. The second-order valence-electron chi connectivity index (χ2n) is 3.40. The Hall–Kier alpha value is -0.0400. The molecule has 10 heavy (non-hydrogen) atoms. The average molecular weight is 140 g/mol. The summed E-state index contributed by atoms with van der Waals surface area (Å²) in [5.74, 6) is 0.917. The Morgan fingerprint density at radius 1 is 1.60 bits per heavy atom. The van der Waals surface area contributed by atoms with Gasteiger partial charge in [0.25, 0.3) is 0 Å². The predicted octanol–water partition coefficient (Wildman–Crippen LogP) is 1.94. The standard InChI is InChI=1S/C9H18N/c1-3-6-10-7-4-5-9(2)8-10/h9H,1,3-8H2,2H3/t9-/m1/s1. The fraction of sp³-hybridized carbons (Fsp3) is 0.889. The Morgan fingerprint density at radius 3 is 3.00 bits per heavy atom. The molecular weight excluding hydrogens is 122 g/mol. The van der Waals surface area contributed by atoms with Crippen molar-refractivity contribution in [2.75, 3.05) is 19.6 Å². The molecule has 0 amide bonds. The number of nitrogens with zero attached hydrogens (tertiary/aromatic N) is 1. The van der Waals surface area contributed by atoms with Crippen molar-refractivity contribution < 1.29 is 0 Å². The molecule has 1 fully saturated rings. The molecule has 0 aliphatic carbocycles. The number of rotatable bonds is 2. The van der Waals surface area contributed by atoms with Gasteiger partial charge < -0.3 is 4.90 Å². The largest absolute Gasteiger partial charge is 0.303 e. The van der Waals surface area contributed by atoms with Gasteiger partial charge in [0, 0.05) is 6.54 Å². The van der Waals surface area contributed by atoms with Gasteiger partial charge >= 0.3 is 0 Å². The van der Waals surface area contributed by atoms with Crippen molar-refractivity contribution in [3.05, 3.63) is 6.92 Å². The summed E-state index contributed by atoms with van der Waals surface area (Å²) in [7, 11) is 0. The number of hydrogen-bond donors (Lipinski definition) is 0. The van der Waals surface area contributed by atoms with Gasteiger partial charge in [0.2, 0.25) is 0 Å². The smallest absolute Gasteiger partial charge is 0.000703 e. The average Bonchev–Trinajstić information content (AvgIpc) is 1.88. The molecule has 1 aliphatic heterocycles. The molecule has 1 saturated heterocycles. The summed E-state index contributed by atoms with van der Waals surface area (Å²) in [5, 5.41) is 0. The first-order valence-electron chi connectivity index (χ1n) is 4.34. The highest BCUT2D eigenvalue weighted by molar-refractivity contribution is 4.69. The molecule has 0 unspecified atom stereocenters. The van der Waals surface area contributed by atoms with Crippen molar-refractivity contribution in [2.24, 2.45) is 5.92 Å². The molecular formula is C9H18N. The molecule has 0 aromatic heterocycles. The number of hydrogen-bond acceptors (Lipinski definition) is 1. The first-order chi connectivity index (χ1) is 4.83. The third-order valence-corrected chi connectivity index (χ3v) is 2.22. The van der Waals surface area contributed by atoms with Crippen molar-refractivity contribution in [3.8, 4) is 0 Å². The highest BCUT2D eigenvalue weighted by atomic mass is 15.1. The lowest BCUT2D eigenvalue weighted by Crippen LogP contribution is -2.34. The number of likely N-dealkylation sites (tertiary alicyclic amines) is 1. The second kappa shape index (κ2) is 3.97. The summed E-state index contributed by atoms with van der Waals surface area (Å²) in [6.07, 6.45) is 3.88. The molecule has 1 nitrogen and oxygen atoms in total. The molecule has 1 aliphatic rings. The van der Waals surface area contributed by atoms with Crippen LogP contribution in [-0.4, -0.2) is 24.5 Å². The fourth-order valence-corrected chi connectivity index (χ4v) is 1.71. The Labute approximate surface area is 64.4 Å². The van der Waals surface area contributed by atoms with Crippen LogP contribution in [0.3, 0.4) is 0 Å². The van der Waals surface area contributed by atoms with Gasteiger partial charge in [-0.1, -0.05) is 13.8 Å². The molecule has 0 spiro atoms. The maximum Gasteiger partial charge on any atom is 0.000703 e. The normalized spacial score (nSPS) is 28.8. The van der Waals surface area contributed by atoms with Gasteiger partial charge in [-0.15, -0.1) is 0 Å². The van der Waals surface area contributed by atoms with E-state index in [1.54, 1.807) is 0 Å². The second-order valence-corrected chi connectivity index (χ2v) is 3.40. The van der Waals surface area contributed by atoms with E-state index in [0.717, 1.165) is 12.3 Å². The van der Waals surface area contributed by atoms with E-state index in [1.807, 2.05) is 0 Å². The monoisotopic (exact) mass is 140 g/mol. The zero-order chi connectivity index (χ0) is 7.40. The third kappa shape index (κ3) is 2.30. The van der Waals surface area contributed by atoms with Crippen LogP contribution < -0.4 is 0 Å². The van der Waals surface area contributed by atoms with E-state index in [2.05, 4.69) is 18.7 Å². The van der Waals surface area contributed by atoms with Gasteiger partial charge in [-0.3, -0.25) is 0 Å². The van der Waals surface area contributed by atoms with Crippen LogP contribution in [0.1, 0.15) is 26.2 Å². The van der Waals surface area contributed by atoms with Crippen LogP contribution in [0.25, 0.3) is 0 Å². The SMILES string of the molecule is [CH2]CCN1CCC[C@@H](C)C1. The van der Waals surface area contributed by atoms with Crippen molar-refractivity contribution in [2.45, 2.75) is 26.2 Å². The van der Waals surface area contributed by atoms with E-state index in [-0.39, 0.29) is 0 Å². The van der Waals surface area contributed by atoms with Crippen molar-refractivity contribution in [3.63, 3.8) is 0 Å². The Morgan fingerprint density at radius 2 is 2.40 bits per heavy atom. The predicted molar refractivity (Wildman–Crippen MR) is 44.8 cm³/mol. The highest BCUT2D eigenvalue weighted by Gasteiger charge is 2.14. The minimum Gasteiger partial charge on any atom is -0.303 e. The van der Waals surface area contributed by atoms with E-state index in [1.165, 1.54) is 32.5 Å². The highest BCUT2D eigenvalue weighted by Crippen LogP contribution is 2.14. The first-order valence-corrected chi connectivity index (χ1v) is 4.34. The van der Waals surface area contributed by atoms with E-state index in [4.69, 9.17) is 0 Å². The molecule has 0 N–H and O–H groups in total. The quantitative estimate of drug-likeness (QED) is 0.566. The molecule has 1 atom stereocenters. The zero-order valence-corrected chi connectivity index (χ0v) is 6.97. The lowest BCUT2D eigenvalue weighted by molar-refractivity contribution is 0.187. The molecule has 1 heterocycles. The molecule has 1 radical (unpaired) electrons. The van der Waals surface area contributed by atoms with Crippen LogP contribution in [-0.2, 0) is 0 Å². The van der Waals surface area contributed by atoms with Crippen LogP contribution in [0.2, 0.25) is 0 Å². The fourth-order valence-electron chi connectivity index (χ4n) is 1.71. The summed E-state index contributed by atoms with van der Waals surface area (Å²) in [4.78, 5) is 2.53. The van der Waals surface area contributed by atoms with Crippen LogP contribution in [0.4, 0.5) is 0 Å². The maximum atomic E-state index is 3.86. The third-order valence-electron chi connectivity index (χ3n) is 2.22. The topological polar surface area (TPSA) is 3.24 Å². The molecule has 0 aromatic carbocycles. The zero-order valence-electron chi connectivity index (χ0n) is 6.97.